The Labute approximate surface area is 77.6 Å². The first kappa shape index (κ1) is 12.3. The van der Waals surface area contributed by atoms with Crippen LogP contribution in [0.1, 0.15) is 26.7 Å². The van der Waals surface area contributed by atoms with Gasteiger partial charge in [0.15, 0.2) is 0 Å². The molecular weight excluding hydrogens is 172 g/mol. The van der Waals surface area contributed by atoms with Gasteiger partial charge in [0.2, 0.25) is 0 Å². The van der Waals surface area contributed by atoms with Gasteiger partial charge in [-0.15, -0.1) is 0 Å². The van der Waals surface area contributed by atoms with Crippen LogP contribution in [0.25, 0.3) is 0 Å². The first-order chi connectivity index (χ1) is 5.99. The Kier molecular flexibility index (Phi) is 5.50. The van der Waals surface area contributed by atoms with E-state index in [0.29, 0.717) is 6.29 Å². The number of rotatable bonds is 6. The van der Waals surface area contributed by atoms with Gasteiger partial charge in [0.1, 0.15) is 12.1 Å². The first-order valence-electron chi connectivity index (χ1n) is 4.31. The van der Waals surface area contributed by atoms with Crippen LogP contribution in [0, 0.1) is 5.92 Å². The fourth-order valence-corrected chi connectivity index (χ4v) is 0.834. The summed E-state index contributed by atoms with van der Waals surface area (Å²) in [5.74, 6) is -0.268. The minimum atomic E-state index is -1.12. The Balaban J connectivity index is 3.91. The maximum atomic E-state index is 11.1. The molecule has 4 nitrogen and oxygen atoms in total. The molecule has 0 aliphatic carbocycles. The van der Waals surface area contributed by atoms with E-state index in [2.05, 4.69) is 0 Å². The molecule has 0 heterocycles. The van der Waals surface area contributed by atoms with Gasteiger partial charge >= 0.3 is 0 Å². The van der Waals surface area contributed by atoms with Gasteiger partial charge in [0, 0.05) is 18.8 Å². The average molecular weight is 188 g/mol. The zero-order valence-corrected chi connectivity index (χ0v) is 7.93. The molecule has 0 rings (SSSR count). The van der Waals surface area contributed by atoms with Crippen molar-refractivity contribution in [2.45, 2.75) is 38.9 Å². The maximum Gasteiger partial charge on any atom is 0.138 e. The monoisotopic (exact) mass is 188 g/mol. The summed E-state index contributed by atoms with van der Waals surface area (Å²) in [5, 5.41) is 18.4. The zero-order valence-electron chi connectivity index (χ0n) is 7.93. The lowest BCUT2D eigenvalue weighted by Gasteiger charge is -2.15. The molecule has 76 valence electrons. The number of aliphatic hydroxyl groups excluding tert-OH is 2. The van der Waals surface area contributed by atoms with Crippen molar-refractivity contribution in [1.82, 2.24) is 0 Å². The Morgan fingerprint density at radius 2 is 1.85 bits per heavy atom. The van der Waals surface area contributed by atoms with E-state index in [1.165, 1.54) is 0 Å². The lowest BCUT2D eigenvalue weighted by Crippen LogP contribution is -2.30. The number of aldehydes is 1. The number of aliphatic hydroxyl groups is 2. The summed E-state index contributed by atoms with van der Waals surface area (Å²) in [6, 6.07) is 0. The summed E-state index contributed by atoms with van der Waals surface area (Å²) in [5.41, 5.74) is 0. The van der Waals surface area contributed by atoms with E-state index in [1.807, 2.05) is 0 Å². The van der Waals surface area contributed by atoms with E-state index >= 15 is 0 Å². The molecule has 0 aliphatic rings. The van der Waals surface area contributed by atoms with Crippen LogP contribution >= 0.6 is 0 Å². The molecule has 2 N–H and O–H groups in total. The summed E-state index contributed by atoms with van der Waals surface area (Å²) in [7, 11) is 0. The van der Waals surface area contributed by atoms with Gasteiger partial charge in [-0.05, 0) is 0 Å². The third-order valence-electron chi connectivity index (χ3n) is 1.84. The van der Waals surface area contributed by atoms with Gasteiger partial charge in [-0.2, -0.15) is 0 Å². The van der Waals surface area contributed by atoms with Crippen LogP contribution in [0.3, 0.4) is 0 Å². The minimum absolute atomic E-state index is 0.0906. The molecule has 0 amide bonds. The predicted octanol–water partition coefficient (Wildman–Crippen LogP) is -0.0876. The third-order valence-corrected chi connectivity index (χ3v) is 1.84. The van der Waals surface area contributed by atoms with E-state index in [0.717, 1.165) is 0 Å². The largest absolute Gasteiger partial charge is 0.390 e. The number of hydrogen-bond donors (Lipinski definition) is 2. The highest BCUT2D eigenvalue weighted by Crippen LogP contribution is 2.07. The molecule has 13 heavy (non-hydrogen) atoms. The second-order valence-corrected chi connectivity index (χ2v) is 3.36. The van der Waals surface area contributed by atoms with Gasteiger partial charge in [0.25, 0.3) is 0 Å². The van der Waals surface area contributed by atoms with Crippen molar-refractivity contribution >= 4 is 12.1 Å². The average Bonchev–Trinajstić information content (AvgIpc) is 2.04. The van der Waals surface area contributed by atoms with Gasteiger partial charge in [0.05, 0.1) is 12.2 Å². The fraction of sp³-hybridized carbons (Fsp3) is 0.778. The molecule has 0 saturated heterocycles. The normalized spacial score (nSPS) is 15.5. The fourth-order valence-electron chi connectivity index (χ4n) is 0.834. The van der Waals surface area contributed by atoms with Crippen molar-refractivity contribution in [1.29, 1.82) is 0 Å². The summed E-state index contributed by atoms with van der Waals surface area (Å²) in [6.07, 6.45) is -1.95. The summed E-state index contributed by atoms with van der Waals surface area (Å²) < 4.78 is 0. The number of hydrogen-bond acceptors (Lipinski definition) is 4. The quantitative estimate of drug-likeness (QED) is 0.571. The van der Waals surface area contributed by atoms with E-state index in [1.54, 1.807) is 13.8 Å². The molecule has 0 saturated carbocycles. The summed E-state index contributed by atoms with van der Waals surface area (Å²) in [4.78, 5) is 21.1. The number of carbonyl (C=O) groups excluding carboxylic acids is 2. The highest BCUT2D eigenvalue weighted by molar-refractivity contribution is 5.80. The Morgan fingerprint density at radius 1 is 1.31 bits per heavy atom. The van der Waals surface area contributed by atoms with Crippen LogP contribution in [-0.4, -0.2) is 34.5 Å². The van der Waals surface area contributed by atoms with Crippen molar-refractivity contribution in [3.05, 3.63) is 0 Å². The SMILES string of the molecule is CC(C)C(=O)CC(O)C(O)CC=O. The molecule has 0 bridgehead atoms. The van der Waals surface area contributed by atoms with Crippen LogP contribution in [0.4, 0.5) is 0 Å². The highest BCUT2D eigenvalue weighted by atomic mass is 16.3. The standard InChI is InChI=1S/C9H16O4/c1-6(2)8(12)5-9(13)7(11)3-4-10/h4,6-7,9,11,13H,3,5H2,1-2H3. The molecule has 0 fully saturated rings. The predicted molar refractivity (Wildman–Crippen MR) is 47.2 cm³/mol. The van der Waals surface area contributed by atoms with Crippen molar-refractivity contribution in [3.8, 4) is 0 Å². The van der Waals surface area contributed by atoms with Crippen molar-refractivity contribution in [3.63, 3.8) is 0 Å². The van der Waals surface area contributed by atoms with Gasteiger partial charge in [-0.25, -0.2) is 0 Å². The molecule has 0 radical (unpaired) electrons. The van der Waals surface area contributed by atoms with Crippen LogP contribution in [0.2, 0.25) is 0 Å². The molecule has 0 aromatic carbocycles. The number of carbonyl (C=O) groups is 2. The van der Waals surface area contributed by atoms with E-state index < -0.39 is 12.2 Å². The second kappa shape index (κ2) is 5.83. The highest BCUT2D eigenvalue weighted by Gasteiger charge is 2.20. The molecule has 4 heteroatoms. The Bertz CT molecular complexity index is 176. The van der Waals surface area contributed by atoms with Gasteiger partial charge in [-0.3, -0.25) is 4.79 Å². The number of ketones is 1. The molecule has 0 aromatic rings. The smallest absolute Gasteiger partial charge is 0.138 e. The van der Waals surface area contributed by atoms with E-state index in [-0.39, 0.29) is 24.5 Å². The minimum Gasteiger partial charge on any atom is -0.390 e. The molecule has 0 aromatic heterocycles. The molecule has 2 atom stereocenters. The Hall–Kier alpha value is -0.740. The second-order valence-electron chi connectivity index (χ2n) is 3.36. The van der Waals surface area contributed by atoms with Crippen LogP contribution in [0.5, 0.6) is 0 Å². The van der Waals surface area contributed by atoms with Gasteiger partial charge < -0.3 is 15.0 Å². The van der Waals surface area contributed by atoms with Crippen LogP contribution < -0.4 is 0 Å². The Morgan fingerprint density at radius 3 is 2.23 bits per heavy atom. The molecular formula is C9H16O4. The topological polar surface area (TPSA) is 74.6 Å². The summed E-state index contributed by atoms with van der Waals surface area (Å²) in [6.45, 7) is 3.45. The van der Waals surface area contributed by atoms with Crippen LogP contribution in [0.15, 0.2) is 0 Å². The van der Waals surface area contributed by atoms with Gasteiger partial charge in [-0.1, -0.05) is 13.8 Å². The molecule has 0 aliphatic heterocycles. The van der Waals surface area contributed by atoms with E-state index in [9.17, 15) is 14.7 Å². The maximum absolute atomic E-state index is 11.1. The molecule has 0 spiro atoms. The summed E-state index contributed by atoms with van der Waals surface area (Å²) >= 11 is 0. The first-order valence-corrected chi connectivity index (χ1v) is 4.31. The van der Waals surface area contributed by atoms with Crippen molar-refractivity contribution in [2.75, 3.05) is 0 Å². The lowest BCUT2D eigenvalue weighted by atomic mass is 9.99. The zero-order chi connectivity index (χ0) is 10.4. The lowest BCUT2D eigenvalue weighted by molar-refractivity contribution is -0.126. The van der Waals surface area contributed by atoms with E-state index in [4.69, 9.17) is 5.11 Å². The van der Waals surface area contributed by atoms with Crippen LogP contribution in [-0.2, 0) is 9.59 Å². The number of Topliss-reactive ketones (excluding diaryl/α,β-unsaturated/α-hetero) is 1. The molecule has 2 unspecified atom stereocenters. The van der Waals surface area contributed by atoms with Crippen molar-refractivity contribution in [2.24, 2.45) is 5.92 Å². The van der Waals surface area contributed by atoms with Crippen molar-refractivity contribution < 1.29 is 19.8 Å². The third kappa shape index (κ3) is 4.75.